The molecule has 0 aromatic heterocycles. The molecular formula is C4H8Cl3O4P. The van der Waals surface area contributed by atoms with Crippen LogP contribution in [-0.2, 0) is 18.1 Å². The van der Waals surface area contributed by atoms with Crippen molar-refractivity contribution in [1.29, 1.82) is 0 Å². The van der Waals surface area contributed by atoms with E-state index >= 15 is 0 Å². The average Bonchev–Trinajstić information content (AvgIpc) is 1.99. The first kappa shape index (κ1) is 13.0. The van der Waals surface area contributed by atoms with E-state index in [0.717, 1.165) is 0 Å². The van der Waals surface area contributed by atoms with Crippen LogP contribution >= 0.6 is 42.6 Å². The van der Waals surface area contributed by atoms with Crippen LogP contribution in [0.4, 0.5) is 0 Å². The Morgan fingerprint density at radius 1 is 1.25 bits per heavy atom. The molecular weight excluding hydrogens is 249 g/mol. The normalized spacial score (nSPS) is 13.4. The summed E-state index contributed by atoms with van der Waals surface area (Å²) in [6.07, 6.45) is 0. The van der Waals surface area contributed by atoms with Crippen LogP contribution in [0.3, 0.4) is 0 Å². The minimum absolute atomic E-state index is 0.364. The van der Waals surface area contributed by atoms with Crippen LogP contribution in [0.15, 0.2) is 0 Å². The minimum atomic E-state index is -3.53. The topological polar surface area (TPSA) is 44.8 Å². The lowest BCUT2D eigenvalue weighted by Gasteiger charge is -2.16. The van der Waals surface area contributed by atoms with Crippen molar-refractivity contribution in [1.82, 2.24) is 0 Å². The molecule has 0 spiro atoms. The molecule has 4 nitrogen and oxygen atoms in total. The number of hydrogen-bond donors (Lipinski definition) is 0. The van der Waals surface area contributed by atoms with E-state index in [0.29, 0.717) is 0 Å². The molecule has 0 aromatic rings. The highest BCUT2D eigenvalue weighted by molar-refractivity contribution is 7.48. The predicted molar refractivity (Wildman–Crippen MR) is 47.9 cm³/mol. The smallest absolute Gasteiger partial charge is 0.290 e. The van der Waals surface area contributed by atoms with E-state index < -0.39 is 11.6 Å². The molecule has 0 atom stereocenters. The first-order valence-electron chi connectivity index (χ1n) is 2.76. The first-order chi connectivity index (χ1) is 5.33. The maximum atomic E-state index is 11.2. The predicted octanol–water partition coefficient (Wildman–Crippen LogP) is 2.77. The van der Waals surface area contributed by atoms with Gasteiger partial charge in [0.05, 0.1) is 0 Å². The Bertz CT molecular complexity index is 172. The molecule has 12 heavy (non-hydrogen) atoms. The van der Waals surface area contributed by atoms with Crippen molar-refractivity contribution < 1.29 is 18.1 Å². The van der Waals surface area contributed by atoms with Crippen molar-refractivity contribution in [2.45, 2.75) is 3.79 Å². The van der Waals surface area contributed by atoms with E-state index in [4.69, 9.17) is 34.8 Å². The summed E-state index contributed by atoms with van der Waals surface area (Å²) in [6, 6.07) is 0. The fourth-order valence-corrected chi connectivity index (χ4v) is 1.44. The summed E-state index contributed by atoms with van der Waals surface area (Å²) in [5.74, 6) is 0. The molecule has 0 rings (SSSR count). The standard InChI is InChI=1S/C4H8Cl3O4P/c1-9-12(8,10-2)11-3-4(5,6)7/h3H2,1-2H3. The van der Waals surface area contributed by atoms with Crippen molar-refractivity contribution in [2.24, 2.45) is 0 Å². The summed E-state index contributed by atoms with van der Waals surface area (Å²) < 4.78 is 23.0. The molecule has 74 valence electrons. The van der Waals surface area contributed by atoms with Gasteiger partial charge in [-0.3, -0.25) is 13.6 Å². The lowest BCUT2D eigenvalue weighted by molar-refractivity contribution is 0.154. The number of alkyl halides is 3. The number of phosphoric acid groups is 1. The van der Waals surface area contributed by atoms with Gasteiger partial charge in [0.2, 0.25) is 3.79 Å². The maximum absolute atomic E-state index is 11.2. The van der Waals surface area contributed by atoms with Crippen LogP contribution in [0, 0.1) is 0 Å². The summed E-state index contributed by atoms with van der Waals surface area (Å²) in [7, 11) is -1.19. The fraction of sp³-hybridized carbons (Fsp3) is 1.00. The molecule has 0 saturated carbocycles. The summed E-state index contributed by atoms with van der Waals surface area (Å²) in [6.45, 7) is -0.364. The Hall–Kier alpha value is 0.980. The lowest BCUT2D eigenvalue weighted by Crippen LogP contribution is -2.12. The molecule has 0 bridgehead atoms. The summed E-state index contributed by atoms with van der Waals surface area (Å²) in [4.78, 5) is 0. The van der Waals surface area contributed by atoms with Crippen LogP contribution < -0.4 is 0 Å². The second-order valence-corrected chi connectivity index (χ2v) is 6.10. The molecule has 0 N–H and O–H groups in total. The maximum Gasteiger partial charge on any atom is 0.474 e. The van der Waals surface area contributed by atoms with Gasteiger partial charge in [-0.15, -0.1) is 0 Å². The molecule has 0 aliphatic carbocycles. The molecule has 0 saturated heterocycles. The zero-order chi connectivity index (χ0) is 9.83. The van der Waals surface area contributed by atoms with Gasteiger partial charge in [-0.05, 0) is 0 Å². The Morgan fingerprint density at radius 2 is 1.67 bits per heavy atom. The molecule has 0 heterocycles. The van der Waals surface area contributed by atoms with Gasteiger partial charge in [-0.1, -0.05) is 34.8 Å². The van der Waals surface area contributed by atoms with Crippen LogP contribution in [0.1, 0.15) is 0 Å². The average molecular weight is 257 g/mol. The molecule has 0 amide bonds. The van der Waals surface area contributed by atoms with Crippen molar-refractivity contribution in [3.63, 3.8) is 0 Å². The quantitative estimate of drug-likeness (QED) is 0.574. The van der Waals surface area contributed by atoms with Crippen LogP contribution in [0.2, 0.25) is 0 Å². The molecule has 0 unspecified atom stereocenters. The van der Waals surface area contributed by atoms with Crippen LogP contribution in [0.5, 0.6) is 0 Å². The van der Waals surface area contributed by atoms with Crippen molar-refractivity contribution in [2.75, 3.05) is 20.8 Å². The van der Waals surface area contributed by atoms with Crippen LogP contribution in [0.25, 0.3) is 0 Å². The van der Waals surface area contributed by atoms with Crippen LogP contribution in [-0.4, -0.2) is 24.6 Å². The number of phosphoric ester groups is 1. The van der Waals surface area contributed by atoms with E-state index in [9.17, 15) is 4.57 Å². The second kappa shape index (κ2) is 5.01. The van der Waals surface area contributed by atoms with E-state index in [1.807, 2.05) is 0 Å². The summed E-state index contributed by atoms with van der Waals surface area (Å²) >= 11 is 16.0. The van der Waals surface area contributed by atoms with Gasteiger partial charge in [0.1, 0.15) is 6.61 Å². The van der Waals surface area contributed by atoms with Gasteiger partial charge in [0.25, 0.3) is 0 Å². The van der Waals surface area contributed by atoms with E-state index in [2.05, 4.69) is 13.6 Å². The number of hydrogen-bond acceptors (Lipinski definition) is 4. The van der Waals surface area contributed by atoms with Gasteiger partial charge >= 0.3 is 7.82 Å². The Morgan fingerprint density at radius 3 is 1.92 bits per heavy atom. The SMILES string of the molecule is COP(=O)(OC)OCC(Cl)(Cl)Cl. The summed E-state index contributed by atoms with van der Waals surface area (Å²) in [5.41, 5.74) is 0. The zero-order valence-electron chi connectivity index (χ0n) is 6.42. The van der Waals surface area contributed by atoms with Gasteiger partial charge in [-0.2, -0.15) is 0 Å². The van der Waals surface area contributed by atoms with E-state index in [1.165, 1.54) is 14.2 Å². The second-order valence-electron chi connectivity index (χ2n) is 1.70. The molecule has 0 aromatic carbocycles. The zero-order valence-corrected chi connectivity index (χ0v) is 9.58. The van der Waals surface area contributed by atoms with E-state index in [-0.39, 0.29) is 6.61 Å². The minimum Gasteiger partial charge on any atom is -0.290 e. The highest BCUT2D eigenvalue weighted by Gasteiger charge is 2.29. The summed E-state index contributed by atoms with van der Waals surface area (Å²) in [5, 5.41) is 0. The van der Waals surface area contributed by atoms with Crippen molar-refractivity contribution >= 4 is 42.6 Å². The Labute approximate surface area is 85.6 Å². The number of halogens is 3. The van der Waals surface area contributed by atoms with E-state index in [1.54, 1.807) is 0 Å². The third kappa shape index (κ3) is 5.60. The largest absolute Gasteiger partial charge is 0.474 e. The molecule has 8 heteroatoms. The molecule has 0 aliphatic rings. The van der Waals surface area contributed by atoms with Gasteiger partial charge < -0.3 is 0 Å². The first-order valence-corrected chi connectivity index (χ1v) is 5.35. The number of rotatable bonds is 4. The third-order valence-electron chi connectivity index (χ3n) is 0.834. The Kier molecular flexibility index (Phi) is 5.42. The van der Waals surface area contributed by atoms with Gasteiger partial charge in [-0.25, -0.2) is 4.57 Å². The molecule has 0 fully saturated rings. The van der Waals surface area contributed by atoms with Gasteiger partial charge in [0.15, 0.2) is 0 Å². The highest BCUT2D eigenvalue weighted by Crippen LogP contribution is 2.49. The van der Waals surface area contributed by atoms with Crippen molar-refractivity contribution in [3.05, 3.63) is 0 Å². The monoisotopic (exact) mass is 256 g/mol. The van der Waals surface area contributed by atoms with Crippen molar-refractivity contribution in [3.8, 4) is 0 Å². The third-order valence-corrected chi connectivity index (χ3v) is 2.50. The molecule has 0 radical (unpaired) electrons. The fourth-order valence-electron chi connectivity index (χ4n) is 0.332. The highest BCUT2D eigenvalue weighted by atomic mass is 35.6. The molecule has 0 aliphatic heterocycles. The van der Waals surface area contributed by atoms with Gasteiger partial charge in [0, 0.05) is 14.2 Å². The lowest BCUT2D eigenvalue weighted by atomic mass is 10.9. The Balaban J connectivity index is 3.99.